The zero-order valence-corrected chi connectivity index (χ0v) is 16.0. The first-order valence-electron chi connectivity index (χ1n) is 7.15. The molecule has 0 radical (unpaired) electrons. The van der Waals surface area contributed by atoms with E-state index >= 15 is 0 Å². The number of esters is 3. The van der Waals surface area contributed by atoms with Crippen LogP contribution in [0.3, 0.4) is 0 Å². The Morgan fingerprint density at radius 1 is 1.00 bits per heavy atom. The third kappa shape index (κ3) is 12.9. The molecule has 0 aromatic heterocycles. The normalized spacial score (nSPS) is 13.3. The summed E-state index contributed by atoms with van der Waals surface area (Å²) in [6.45, 7) is 3.12. The van der Waals surface area contributed by atoms with E-state index in [1.807, 2.05) is 6.92 Å². The van der Waals surface area contributed by atoms with Crippen LogP contribution in [0.1, 0.15) is 26.7 Å². The van der Waals surface area contributed by atoms with Gasteiger partial charge in [-0.3, -0.25) is 0 Å². The summed E-state index contributed by atoms with van der Waals surface area (Å²) in [6, 6.07) is 0. The van der Waals surface area contributed by atoms with Crippen molar-refractivity contribution in [2.24, 2.45) is 0 Å². The topological polar surface area (TPSA) is 116 Å². The van der Waals surface area contributed by atoms with Gasteiger partial charge in [-0.25, -0.2) is 9.59 Å². The molecule has 24 heavy (non-hydrogen) atoms. The molecule has 0 rings (SSSR count). The SMILES string of the molecule is C[I-]CC(C)OC(=O)CCC(=O)OCC(C)OC(=O)/C=C/C(=O)O. The van der Waals surface area contributed by atoms with Gasteiger partial charge in [0.15, 0.2) is 0 Å². The molecule has 0 saturated carbocycles. The minimum atomic E-state index is -1.27. The summed E-state index contributed by atoms with van der Waals surface area (Å²) in [5.74, 6) is -3.17. The Morgan fingerprint density at radius 3 is 2.21 bits per heavy atom. The van der Waals surface area contributed by atoms with E-state index in [0.717, 1.165) is 10.5 Å². The Kier molecular flexibility index (Phi) is 11.9. The molecule has 9 heteroatoms. The van der Waals surface area contributed by atoms with Gasteiger partial charge in [-0.15, -0.1) is 0 Å². The fourth-order valence-corrected chi connectivity index (χ4v) is 2.85. The first-order valence-corrected chi connectivity index (χ1v) is 10.8. The average Bonchev–Trinajstić information content (AvgIpc) is 2.49. The van der Waals surface area contributed by atoms with Crippen LogP contribution in [0.2, 0.25) is 0 Å². The smallest absolute Gasteiger partial charge is 0.478 e. The molecule has 0 aliphatic heterocycles. The molecule has 0 amide bonds. The standard InChI is InChI=1S/C15H22IO8/c1-10(8-16-3)23-15(21)7-6-13(19)22-9-11(2)24-14(20)5-4-12(17)18/h4-5,10-11H,6-9H2,1-3H3,(H,17,18)/q-1/b5-4+. The summed E-state index contributed by atoms with van der Waals surface area (Å²) in [5, 5.41) is 8.36. The number of halogens is 1. The van der Waals surface area contributed by atoms with E-state index in [1.165, 1.54) is 6.92 Å². The summed E-state index contributed by atoms with van der Waals surface area (Å²) >= 11 is 0.0370. The summed E-state index contributed by atoms with van der Waals surface area (Å²) in [4.78, 5) is 46.5. The Hall–Kier alpha value is -1.65. The number of carbonyl (C=O) groups is 4. The van der Waals surface area contributed by atoms with Crippen LogP contribution in [0.4, 0.5) is 0 Å². The van der Waals surface area contributed by atoms with E-state index in [-0.39, 0.29) is 46.8 Å². The van der Waals surface area contributed by atoms with Gasteiger partial charge in [0.05, 0.1) is 0 Å². The molecule has 2 atom stereocenters. The van der Waals surface area contributed by atoms with E-state index in [9.17, 15) is 19.2 Å². The number of carboxylic acids is 1. The number of carboxylic acid groups (broad SMARTS) is 1. The molecule has 0 aliphatic carbocycles. The molecule has 0 bridgehead atoms. The molecule has 0 heterocycles. The molecule has 0 fully saturated rings. The molecule has 0 aromatic carbocycles. The predicted molar refractivity (Wildman–Crippen MR) is 78.9 cm³/mol. The predicted octanol–water partition coefficient (Wildman–Crippen LogP) is -2.47. The molecular formula is C15H22IO8-. The summed E-state index contributed by atoms with van der Waals surface area (Å²) in [7, 11) is 0. The van der Waals surface area contributed by atoms with Crippen molar-refractivity contribution >= 4 is 23.9 Å². The Morgan fingerprint density at radius 2 is 1.62 bits per heavy atom. The number of rotatable bonds is 11. The fraction of sp³-hybridized carbons (Fsp3) is 0.600. The van der Waals surface area contributed by atoms with Crippen LogP contribution in [0.25, 0.3) is 0 Å². The van der Waals surface area contributed by atoms with Gasteiger partial charge in [0.1, 0.15) is 0 Å². The monoisotopic (exact) mass is 457 g/mol. The van der Waals surface area contributed by atoms with Gasteiger partial charge in [0, 0.05) is 12.2 Å². The van der Waals surface area contributed by atoms with E-state index in [1.54, 1.807) is 0 Å². The van der Waals surface area contributed by atoms with Crippen LogP contribution < -0.4 is 21.2 Å². The van der Waals surface area contributed by atoms with E-state index in [0.29, 0.717) is 6.08 Å². The number of carbonyl (C=O) groups excluding carboxylic acids is 3. The van der Waals surface area contributed by atoms with Crippen molar-refractivity contribution < 1.29 is 59.7 Å². The molecular weight excluding hydrogens is 435 g/mol. The summed E-state index contributed by atoms with van der Waals surface area (Å²) in [6.07, 6.45) is 0.349. The van der Waals surface area contributed by atoms with Crippen molar-refractivity contribution in [1.29, 1.82) is 0 Å². The first kappa shape index (κ1) is 22.4. The number of ether oxygens (including phenoxy) is 3. The summed E-state index contributed by atoms with van der Waals surface area (Å²) in [5.41, 5.74) is 0. The van der Waals surface area contributed by atoms with Crippen molar-refractivity contribution in [2.75, 3.05) is 16.0 Å². The molecule has 2 unspecified atom stereocenters. The van der Waals surface area contributed by atoms with Gasteiger partial charge in [-0.1, -0.05) is 0 Å². The van der Waals surface area contributed by atoms with Gasteiger partial charge in [0.2, 0.25) is 0 Å². The van der Waals surface area contributed by atoms with E-state index in [2.05, 4.69) is 4.93 Å². The van der Waals surface area contributed by atoms with Gasteiger partial charge in [0.25, 0.3) is 0 Å². The Bertz CT molecular complexity index is 474. The molecule has 8 nitrogen and oxygen atoms in total. The van der Waals surface area contributed by atoms with Crippen LogP contribution in [0.5, 0.6) is 0 Å². The van der Waals surface area contributed by atoms with E-state index < -0.39 is 30.0 Å². The molecule has 0 spiro atoms. The molecule has 0 saturated heterocycles. The molecule has 138 valence electrons. The maximum atomic E-state index is 11.5. The number of aliphatic carboxylic acids is 1. The number of alkyl halides is 2. The quantitative estimate of drug-likeness (QED) is 0.119. The fourth-order valence-electron chi connectivity index (χ4n) is 1.43. The molecule has 0 aromatic rings. The summed E-state index contributed by atoms with van der Waals surface area (Å²) < 4.78 is 15.7. The van der Waals surface area contributed by atoms with Crippen LogP contribution in [-0.4, -0.2) is 57.2 Å². The van der Waals surface area contributed by atoms with Crippen molar-refractivity contribution in [3.63, 3.8) is 0 Å². The maximum absolute atomic E-state index is 11.5. The third-order valence-corrected chi connectivity index (χ3v) is 4.52. The van der Waals surface area contributed by atoms with Crippen LogP contribution >= 0.6 is 0 Å². The second kappa shape index (κ2) is 12.7. The van der Waals surface area contributed by atoms with Crippen molar-refractivity contribution in [2.45, 2.75) is 38.9 Å². The number of hydrogen-bond acceptors (Lipinski definition) is 7. The number of hydrogen-bond donors (Lipinski definition) is 1. The van der Waals surface area contributed by atoms with Crippen molar-refractivity contribution in [1.82, 2.24) is 0 Å². The van der Waals surface area contributed by atoms with Crippen LogP contribution in [0.15, 0.2) is 12.2 Å². The Labute approximate surface area is 150 Å². The van der Waals surface area contributed by atoms with Gasteiger partial charge in [-0.2, -0.15) is 0 Å². The van der Waals surface area contributed by atoms with Crippen molar-refractivity contribution in [3.05, 3.63) is 12.2 Å². The minimum Gasteiger partial charge on any atom is -0.478 e. The first-order chi connectivity index (χ1) is 11.2. The van der Waals surface area contributed by atoms with E-state index in [4.69, 9.17) is 19.3 Å². The van der Waals surface area contributed by atoms with Gasteiger partial charge >= 0.3 is 124 Å². The zero-order valence-electron chi connectivity index (χ0n) is 13.8. The average molecular weight is 457 g/mol. The third-order valence-electron chi connectivity index (χ3n) is 2.40. The van der Waals surface area contributed by atoms with Crippen LogP contribution in [-0.2, 0) is 33.4 Å². The minimum absolute atomic E-state index is 0.0370. The molecule has 0 aliphatic rings. The van der Waals surface area contributed by atoms with Gasteiger partial charge in [-0.05, 0) is 0 Å². The van der Waals surface area contributed by atoms with Crippen molar-refractivity contribution in [3.8, 4) is 0 Å². The zero-order chi connectivity index (χ0) is 18.5. The van der Waals surface area contributed by atoms with Crippen LogP contribution in [0, 0.1) is 0 Å². The van der Waals surface area contributed by atoms with Gasteiger partial charge < -0.3 is 5.11 Å². The second-order valence-corrected chi connectivity index (χ2v) is 7.23. The second-order valence-electron chi connectivity index (χ2n) is 4.82. The molecule has 1 N–H and O–H groups in total. The Balaban J connectivity index is 3.94.